The molecule has 0 saturated carbocycles. The van der Waals surface area contributed by atoms with Crippen molar-refractivity contribution in [2.75, 3.05) is 13.2 Å². The maximum atomic E-state index is 5.44. The molecule has 72 valence electrons. The molecule has 1 nitrogen and oxygen atoms in total. The highest BCUT2D eigenvalue weighted by Gasteiger charge is 2.07. The van der Waals surface area contributed by atoms with Gasteiger partial charge in [0.1, 0.15) is 0 Å². The van der Waals surface area contributed by atoms with Gasteiger partial charge in [0.2, 0.25) is 0 Å². The summed E-state index contributed by atoms with van der Waals surface area (Å²) >= 11 is 0. The van der Waals surface area contributed by atoms with E-state index in [1.807, 2.05) is 6.92 Å². The molecule has 0 aliphatic carbocycles. The molecule has 0 radical (unpaired) electrons. The Morgan fingerprint density at radius 1 is 1.15 bits per heavy atom. The smallest absolute Gasteiger partial charge is 0.0534 e. The Morgan fingerprint density at radius 2 is 1.85 bits per heavy atom. The number of benzene rings is 1. The molecule has 0 amide bonds. The Bertz CT molecular complexity index is 218. The van der Waals surface area contributed by atoms with Crippen LogP contribution in [0.2, 0.25) is 0 Å². The van der Waals surface area contributed by atoms with Crippen molar-refractivity contribution in [3.8, 4) is 0 Å². The lowest BCUT2D eigenvalue weighted by atomic mass is 9.98. The largest absolute Gasteiger partial charge is 0.381 e. The highest BCUT2D eigenvalue weighted by atomic mass is 16.5. The Kier molecular flexibility index (Phi) is 4.55. The van der Waals surface area contributed by atoms with Crippen LogP contribution < -0.4 is 0 Å². The van der Waals surface area contributed by atoms with Crippen LogP contribution in [0.15, 0.2) is 30.3 Å². The number of hydrogen-bond donors (Lipinski definition) is 0. The fourth-order valence-corrected chi connectivity index (χ4v) is 1.44. The van der Waals surface area contributed by atoms with Crippen LogP contribution in [0.3, 0.4) is 0 Å². The lowest BCUT2D eigenvalue weighted by Gasteiger charge is -2.14. The van der Waals surface area contributed by atoms with Gasteiger partial charge in [0.05, 0.1) is 6.61 Å². The van der Waals surface area contributed by atoms with Gasteiger partial charge >= 0.3 is 0 Å². The minimum Gasteiger partial charge on any atom is -0.381 e. The van der Waals surface area contributed by atoms with E-state index in [9.17, 15) is 0 Å². The Balaban J connectivity index is 2.56. The second kappa shape index (κ2) is 5.76. The Hall–Kier alpha value is -0.820. The molecule has 1 rings (SSSR count). The maximum absolute atomic E-state index is 5.44. The highest BCUT2D eigenvalue weighted by Crippen LogP contribution is 2.18. The molecule has 1 atom stereocenters. The van der Waals surface area contributed by atoms with Gasteiger partial charge < -0.3 is 4.74 Å². The molecule has 0 N–H and O–H groups in total. The van der Waals surface area contributed by atoms with Crippen LogP contribution in [0, 0.1) is 0 Å². The van der Waals surface area contributed by atoms with E-state index >= 15 is 0 Å². The second-order valence-corrected chi connectivity index (χ2v) is 3.18. The van der Waals surface area contributed by atoms with Gasteiger partial charge in [-0.15, -0.1) is 0 Å². The van der Waals surface area contributed by atoms with E-state index in [4.69, 9.17) is 4.74 Å². The minimum atomic E-state index is 0.557. The monoisotopic (exact) mass is 178 g/mol. The Labute approximate surface area is 80.7 Å². The van der Waals surface area contributed by atoms with Crippen molar-refractivity contribution in [1.29, 1.82) is 0 Å². The lowest BCUT2D eigenvalue weighted by molar-refractivity contribution is 0.131. The summed E-state index contributed by atoms with van der Waals surface area (Å²) in [7, 11) is 0. The minimum absolute atomic E-state index is 0.557. The molecule has 0 fully saturated rings. The van der Waals surface area contributed by atoms with Gasteiger partial charge in [-0.25, -0.2) is 0 Å². The standard InChI is InChI=1S/C12H18O/c1-3-11(10-13-4-2)12-8-6-5-7-9-12/h5-9,11H,3-4,10H2,1-2H3. The van der Waals surface area contributed by atoms with Gasteiger partial charge in [0.25, 0.3) is 0 Å². The normalized spacial score (nSPS) is 12.8. The molecule has 1 aromatic carbocycles. The van der Waals surface area contributed by atoms with Crippen LogP contribution in [0.4, 0.5) is 0 Å². The summed E-state index contributed by atoms with van der Waals surface area (Å²) in [6.45, 7) is 5.90. The lowest BCUT2D eigenvalue weighted by Crippen LogP contribution is -2.06. The molecule has 1 heteroatoms. The van der Waals surface area contributed by atoms with Crippen LogP contribution in [-0.4, -0.2) is 13.2 Å². The van der Waals surface area contributed by atoms with Gasteiger partial charge in [-0.2, -0.15) is 0 Å². The van der Waals surface area contributed by atoms with E-state index in [0.717, 1.165) is 19.6 Å². The van der Waals surface area contributed by atoms with Crippen molar-refractivity contribution < 1.29 is 4.74 Å². The zero-order chi connectivity index (χ0) is 9.52. The molecule has 0 aromatic heterocycles. The van der Waals surface area contributed by atoms with Crippen molar-refractivity contribution in [3.05, 3.63) is 35.9 Å². The Morgan fingerprint density at radius 3 is 2.38 bits per heavy atom. The van der Waals surface area contributed by atoms with Gasteiger partial charge in [0, 0.05) is 12.5 Å². The first kappa shape index (κ1) is 10.3. The third-order valence-corrected chi connectivity index (χ3v) is 2.29. The molecule has 13 heavy (non-hydrogen) atoms. The fraction of sp³-hybridized carbons (Fsp3) is 0.500. The van der Waals surface area contributed by atoms with E-state index in [1.165, 1.54) is 5.56 Å². The summed E-state index contributed by atoms with van der Waals surface area (Å²) < 4.78 is 5.44. The van der Waals surface area contributed by atoms with Crippen molar-refractivity contribution in [3.63, 3.8) is 0 Å². The quantitative estimate of drug-likeness (QED) is 0.672. The average Bonchev–Trinajstić information content (AvgIpc) is 2.21. The fourth-order valence-electron chi connectivity index (χ4n) is 1.44. The van der Waals surface area contributed by atoms with Gasteiger partial charge in [-0.05, 0) is 18.9 Å². The van der Waals surface area contributed by atoms with Crippen molar-refractivity contribution in [2.45, 2.75) is 26.2 Å². The molecule has 1 unspecified atom stereocenters. The first-order valence-corrected chi connectivity index (χ1v) is 5.01. The summed E-state index contributed by atoms with van der Waals surface area (Å²) in [6.07, 6.45) is 1.14. The molecular formula is C12H18O. The van der Waals surface area contributed by atoms with Crippen LogP contribution in [-0.2, 0) is 4.74 Å². The van der Waals surface area contributed by atoms with E-state index in [0.29, 0.717) is 5.92 Å². The molecule has 1 aromatic rings. The molecule has 0 aliphatic rings. The molecular weight excluding hydrogens is 160 g/mol. The third kappa shape index (κ3) is 3.19. The van der Waals surface area contributed by atoms with Gasteiger partial charge in [0.15, 0.2) is 0 Å². The number of hydrogen-bond acceptors (Lipinski definition) is 1. The van der Waals surface area contributed by atoms with E-state index in [1.54, 1.807) is 0 Å². The first-order valence-electron chi connectivity index (χ1n) is 5.01. The van der Waals surface area contributed by atoms with Crippen LogP contribution >= 0.6 is 0 Å². The van der Waals surface area contributed by atoms with Crippen molar-refractivity contribution in [1.82, 2.24) is 0 Å². The molecule has 0 saturated heterocycles. The second-order valence-electron chi connectivity index (χ2n) is 3.18. The summed E-state index contributed by atoms with van der Waals surface area (Å²) in [5.74, 6) is 0.557. The SMILES string of the molecule is CCOCC(CC)c1ccccc1. The predicted octanol–water partition coefficient (Wildman–Crippen LogP) is 3.22. The van der Waals surface area contributed by atoms with Crippen LogP contribution in [0.1, 0.15) is 31.7 Å². The van der Waals surface area contributed by atoms with Crippen LogP contribution in [0.5, 0.6) is 0 Å². The zero-order valence-corrected chi connectivity index (χ0v) is 8.49. The van der Waals surface area contributed by atoms with E-state index in [2.05, 4.69) is 37.3 Å². The molecule has 0 spiro atoms. The number of rotatable bonds is 5. The third-order valence-electron chi connectivity index (χ3n) is 2.29. The number of ether oxygens (including phenoxy) is 1. The van der Waals surface area contributed by atoms with Crippen LogP contribution in [0.25, 0.3) is 0 Å². The summed E-state index contributed by atoms with van der Waals surface area (Å²) in [6, 6.07) is 10.6. The first-order chi connectivity index (χ1) is 6.38. The molecule has 0 heterocycles. The van der Waals surface area contributed by atoms with Gasteiger partial charge in [-0.1, -0.05) is 37.3 Å². The highest BCUT2D eigenvalue weighted by molar-refractivity contribution is 5.19. The van der Waals surface area contributed by atoms with Crippen molar-refractivity contribution in [2.24, 2.45) is 0 Å². The van der Waals surface area contributed by atoms with E-state index in [-0.39, 0.29) is 0 Å². The van der Waals surface area contributed by atoms with E-state index < -0.39 is 0 Å². The zero-order valence-electron chi connectivity index (χ0n) is 8.49. The maximum Gasteiger partial charge on any atom is 0.0534 e. The summed E-state index contributed by atoms with van der Waals surface area (Å²) in [5.41, 5.74) is 1.39. The predicted molar refractivity (Wildman–Crippen MR) is 56.0 cm³/mol. The average molecular weight is 178 g/mol. The topological polar surface area (TPSA) is 9.23 Å². The molecule has 0 bridgehead atoms. The van der Waals surface area contributed by atoms with Gasteiger partial charge in [-0.3, -0.25) is 0 Å². The molecule has 0 aliphatic heterocycles. The summed E-state index contributed by atoms with van der Waals surface area (Å²) in [5, 5.41) is 0. The summed E-state index contributed by atoms with van der Waals surface area (Å²) in [4.78, 5) is 0. The van der Waals surface area contributed by atoms with Crippen molar-refractivity contribution >= 4 is 0 Å².